The molecular formula is C45H48SiTi-6. The number of hydrogen-bond acceptors (Lipinski definition) is 0. The topological polar surface area (TPSA) is 0 Å². The molecule has 0 fully saturated rings. The van der Waals surface area contributed by atoms with Gasteiger partial charge in [0.25, 0.3) is 0 Å². The molecule has 242 valence electrons. The summed E-state index contributed by atoms with van der Waals surface area (Å²) in [5.74, 6) is 0. The van der Waals surface area contributed by atoms with Crippen molar-refractivity contribution in [3.8, 4) is 11.1 Å². The molecule has 0 saturated carbocycles. The molecule has 47 heavy (non-hydrogen) atoms. The summed E-state index contributed by atoms with van der Waals surface area (Å²) in [5, 5.41) is 5.35. The molecule has 7 aromatic carbocycles. The minimum atomic E-state index is 1.07. The van der Waals surface area contributed by atoms with E-state index in [-0.39, 0.29) is 0 Å². The summed E-state index contributed by atoms with van der Waals surface area (Å²) in [6.07, 6.45) is 4.56. The van der Waals surface area contributed by atoms with Gasteiger partial charge in [-0.3, -0.25) is 0 Å². The van der Waals surface area contributed by atoms with Crippen molar-refractivity contribution in [2.75, 3.05) is 0 Å². The Bertz CT molecular complexity index is 1520. The Labute approximate surface area is 299 Å². The van der Waals surface area contributed by atoms with Crippen molar-refractivity contribution < 1.29 is 19.2 Å². The Hall–Kier alpha value is -3.75. The number of aryl methyl sites for hydroxylation is 1. The largest absolute Gasteiger partial charge is 0.184 e. The molecule has 0 unspecified atom stereocenters. The standard InChI is InChI=1S/C15H11.C10H9.2C6H5.2C4H9.Si.Ti/c1-2-6-12(7-3-1)14-10-4-8-13-9-5-11-15(13)14;1-8-6-9-4-2-3-5-10(9)7-8;2*1-2-4-6-5-3-1;2*1-3-4-2;;/h1-11H;2-7H,1H3;2*1-5H;2*1,3-4H2,2H3;;/q6*-1;;. The van der Waals surface area contributed by atoms with E-state index in [1.165, 1.54) is 51.1 Å². The maximum Gasteiger partial charge on any atom is -0.0279 e. The summed E-state index contributed by atoms with van der Waals surface area (Å²) in [7, 11) is 2.97. The zero-order chi connectivity index (χ0) is 34.4. The summed E-state index contributed by atoms with van der Waals surface area (Å²) >= 11 is 1.81. The van der Waals surface area contributed by atoms with Crippen LogP contribution in [0, 0.1) is 32.9 Å². The van der Waals surface area contributed by atoms with Crippen molar-refractivity contribution in [2.24, 2.45) is 0 Å². The van der Waals surface area contributed by atoms with E-state index < -0.39 is 0 Å². The van der Waals surface area contributed by atoms with Crippen LogP contribution in [0.5, 0.6) is 0 Å². The normalized spacial score (nSPS) is 9.02. The van der Waals surface area contributed by atoms with Crippen LogP contribution in [0.2, 0.25) is 0 Å². The molecule has 0 atom stereocenters. The first kappa shape index (κ1) is 41.3. The predicted molar refractivity (Wildman–Crippen MR) is 206 cm³/mol. The molecule has 0 nitrogen and oxygen atoms in total. The second-order valence-electron chi connectivity index (χ2n) is 10.2. The second kappa shape index (κ2) is 28.5. The average Bonchev–Trinajstić information content (AvgIpc) is 3.81. The van der Waals surface area contributed by atoms with Crippen LogP contribution in [0.1, 0.15) is 45.1 Å². The summed E-state index contributed by atoms with van der Waals surface area (Å²) in [6, 6.07) is 61.2. The molecule has 0 aromatic heterocycles. The molecule has 0 amide bonds. The van der Waals surface area contributed by atoms with Gasteiger partial charge in [-0.15, -0.1) is 69.6 Å². The monoisotopic (exact) mass is 664 g/mol. The Balaban J connectivity index is 0.000000302. The fraction of sp³-hybridized carbons (Fsp3) is 0.156. The quantitative estimate of drug-likeness (QED) is 0.130. The van der Waals surface area contributed by atoms with Gasteiger partial charge in [0.05, 0.1) is 0 Å². The van der Waals surface area contributed by atoms with Gasteiger partial charge in [-0.1, -0.05) is 81.6 Å². The van der Waals surface area contributed by atoms with Gasteiger partial charge in [0, 0.05) is 0 Å². The van der Waals surface area contributed by atoms with Gasteiger partial charge in [0.1, 0.15) is 0 Å². The molecule has 0 aliphatic heterocycles. The molecule has 0 aliphatic rings. The van der Waals surface area contributed by atoms with E-state index in [2.05, 4.69) is 158 Å². The molecule has 0 spiro atoms. The van der Waals surface area contributed by atoms with Crippen molar-refractivity contribution in [2.45, 2.75) is 46.5 Å². The molecule has 0 bridgehead atoms. The first-order valence-electron chi connectivity index (χ1n) is 16.1. The van der Waals surface area contributed by atoms with Crippen LogP contribution in [0.15, 0.2) is 164 Å². The molecule has 7 aromatic rings. The SMILES string of the molecule is Cc1cc2ccccc2[cH-]1.[CH2-]CCC.[CH2-]CCC.[Si]=[Ti].[c-]1ccccc1.[c-]1ccccc1.c1ccc(-c2cccc3[cH-]ccc23)cc1. The van der Waals surface area contributed by atoms with E-state index in [9.17, 15) is 0 Å². The molecule has 2 heteroatoms. The van der Waals surface area contributed by atoms with Crippen molar-refractivity contribution in [1.29, 1.82) is 0 Å². The van der Waals surface area contributed by atoms with Gasteiger partial charge in [-0.25, -0.2) is 0 Å². The Morgan fingerprint density at radius 1 is 0.617 bits per heavy atom. The van der Waals surface area contributed by atoms with Gasteiger partial charge in [0.2, 0.25) is 0 Å². The predicted octanol–water partition coefficient (Wildman–Crippen LogP) is 12.9. The summed E-state index contributed by atoms with van der Waals surface area (Å²) < 4.78 is 0. The van der Waals surface area contributed by atoms with Gasteiger partial charge in [0.15, 0.2) is 0 Å². The average molecular weight is 665 g/mol. The number of fused-ring (bicyclic) bond motifs is 2. The third kappa shape index (κ3) is 18.2. The van der Waals surface area contributed by atoms with Crippen molar-refractivity contribution >= 4 is 29.2 Å². The molecule has 0 saturated heterocycles. The van der Waals surface area contributed by atoms with Gasteiger partial charge in [-0.05, 0) is 5.56 Å². The maximum atomic E-state index is 3.60. The first-order chi connectivity index (χ1) is 23.1. The zero-order valence-corrected chi connectivity index (χ0v) is 30.9. The fourth-order valence-corrected chi connectivity index (χ4v) is 4.02. The molecule has 0 N–H and O–H groups in total. The Kier molecular flexibility index (Phi) is 25.0. The first-order valence-corrected chi connectivity index (χ1v) is 19.0. The maximum absolute atomic E-state index is 3.60. The van der Waals surface area contributed by atoms with Crippen molar-refractivity contribution in [1.82, 2.24) is 0 Å². The van der Waals surface area contributed by atoms with E-state index in [1.807, 2.05) is 60.7 Å². The van der Waals surface area contributed by atoms with Gasteiger partial charge >= 0.3 is 26.8 Å². The van der Waals surface area contributed by atoms with E-state index >= 15 is 0 Å². The van der Waals surface area contributed by atoms with Crippen LogP contribution < -0.4 is 0 Å². The van der Waals surface area contributed by atoms with Crippen LogP contribution in [-0.4, -0.2) is 7.63 Å². The van der Waals surface area contributed by atoms with Gasteiger partial charge in [-0.2, -0.15) is 104 Å². The van der Waals surface area contributed by atoms with Gasteiger partial charge < -0.3 is 13.8 Å². The minimum absolute atomic E-state index is 1.07. The number of hydrogen-bond donors (Lipinski definition) is 0. The Morgan fingerprint density at radius 2 is 1.11 bits per heavy atom. The number of benzene rings is 5. The summed E-state index contributed by atoms with van der Waals surface area (Å²) in [5.41, 5.74) is 3.95. The van der Waals surface area contributed by atoms with E-state index in [4.69, 9.17) is 0 Å². The molecular weight excluding hydrogens is 616 g/mol. The van der Waals surface area contributed by atoms with Crippen molar-refractivity contribution in [3.05, 3.63) is 195 Å². The second-order valence-corrected chi connectivity index (χ2v) is 10.2. The summed E-state index contributed by atoms with van der Waals surface area (Å²) in [4.78, 5) is 0. The number of unbranched alkanes of at least 4 members (excludes halogenated alkanes) is 2. The summed E-state index contributed by atoms with van der Waals surface area (Å²) in [6.45, 7) is 13.6. The molecule has 0 aliphatic carbocycles. The van der Waals surface area contributed by atoms with E-state index in [0.29, 0.717) is 0 Å². The third-order valence-corrected chi connectivity index (χ3v) is 6.45. The Morgan fingerprint density at radius 3 is 1.57 bits per heavy atom. The van der Waals surface area contributed by atoms with Crippen LogP contribution in [0.25, 0.3) is 32.7 Å². The van der Waals surface area contributed by atoms with Crippen LogP contribution in [0.3, 0.4) is 0 Å². The molecule has 2 radical (unpaired) electrons. The van der Waals surface area contributed by atoms with Crippen molar-refractivity contribution in [3.63, 3.8) is 0 Å². The molecule has 0 heterocycles. The van der Waals surface area contributed by atoms with E-state index in [1.54, 1.807) is 19.2 Å². The fourth-order valence-electron chi connectivity index (χ4n) is 4.02. The van der Waals surface area contributed by atoms with Crippen LogP contribution >= 0.6 is 0 Å². The third-order valence-electron chi connectivity index (χ3n) is 6.45. The van der Waals surface area contributed by atoms with Crippen LogP contribution in [-0.2, 0) is 19.2 Å². The number of rotatable bonds is 3. The minimum Gasteiger partial charge on any atom is -0.184 e. The van der Waals surface area contributed by atoms with E-state index in [0.717, 1.165) is 12.8 Å². The van der Waals surface area contributed by atoms with Crippen LogP contribution in [0.4, 0.5) is 0 Å². The zero-order valence-electron chi connectivity index (χ0n) is 28.3. The molecule has 7 rings (SSSR count). The smallest absolute Gasteiger partial charge is 0.0279 e.